The number of hydrogen-bond donors (Lipinski definition) is 1. The quantitative estimate of drug-likeness (QED) is 0.565. The van der Waals surface area contributed by atoms with Gasteiger partial charge in [0.1, 0.15) is 0 Å². The third kappa shape index (κ3) is 1.97. The standard InChI is InChI=1S/C5H5NO.Cr/c7-5-3-1-2-4-6-5;/h1-4H,(H,6,7);. The molecule has 0 saturated carbocycles. The molecule has 0 saturated heterocycles. The molecule has 1 aromatic heterocycles. The van der Waals surface area contributed by atoms with Gasteiger partial charge in [-0.2, -0.15) is 0 Å². The summed E-state index contributed by atoms with van der Waals surface area (Å²) < 4.78 is 0. The molecule has 1 aromatic rings. The van der Waals surface area contributed by atoms with E-state index < -0.39 is 0 Å². The first-order valence-electron chi connectivity index (χ1n) is 2.03. The predicted octanol–water partition coefficient (Wildman–Crippen LogP) is 0.372. The average molecular weight is 147 g/mol. The van der Waals surface area contributed by atoms with Gasteiger partial charge < -0.3 is 4.98 Å². The van der Waals surface area contributed by atoms with Crippen LogP contribution in [0.2, 0.25) is 0 Å². The first-order valence-corrected chi connectivity index (χ1v) is 2.03. The zero-order chi connectivity index (χ0) is 5.11. The van der Waals surface area contributed by atoms with Gasteiger partial charge in [0.05, 0.1) is 0 Å². The molecular weight excluding hydrogens is 142 g/mol. The van der Waals surface area contributed by atoms with Crippen LogP contribution in [-0.4, -0.2) is 4.98 Å². The second-order valence-electron chi connectivity index (χ2n) is 1.23. The number of H-pyrrole nitrogens is 1. The van der Waals surface area contributed by atoms with Gasteiger partial charge in [-0.3, -0.25) is 4.79 Å². The summed E-state index contributed by atoms with van der Waals surface area (Å²) >= 11 is 0. The average Bonchev–Trinajstić information content (AvgIpc) is 1.69. The predicted molar refractivity (Wildman–Crippen MR) is 27.1 cm³/mol. The molecule has 42 valence electrons. The number of hydrogen-bond acceptors (Lipinski definition) is 1. The topological polar surface area (TPSA) is 32.9 Å². The monoisotopic (exact) mass is 147 g/mol. The van der Waals surface area contributed by atoms with Crippen LogP contribution in [-0.2, 0) is 17.4 Å². The van der Waals surface area contributed by atoms with Crippen LogP contribution < -0.4 is 5.56 Å². The van der Waals surface area contributed by atoms with E-state index in [2.05, 4.69) is 4.98 Å². The molecule has 0 spiro atoms. The maximum absolute atomic E-state index is 10.2. The van der Waals surface area contributed by atoms with Gasteiger partial charge in [-0.05, 0) is 6.07 Å². The summed E-state index contributed by atoms with van der Waals surface area (Å²) in [7, 11) is 0. The Morgan fingerprint density at radius 2 is 2.12 bits per heavy atom. The van der Waals surface area contributed by atoms with Crippen molar-refractivity contribution >= 4 is 0 Å². The van der Waals surface area contributed by atoms with Crippen molar-refractivity contribution in [3.8, 4) is 0 Å². The summed E-state index contributed by atoms with van der Waals surface area (Å²) in [5, 5.41) is 0. The minimum Gasteiger partial charge on any atom is -0.329 e. The van der Waals surface area contributed by atoms with Crippen LogP contribution in [0.1, 0.15) is 0 Å². The molecule has 1 rings (SSSR count). The molecule has 0 amide bonds. The maximum atomic E-state index is 10.2. The fourth-order valence-electron chi connectivity index (χ4n) is 0.377. The maximum Gasteiger partial charge on any atom is 0.247 e. The zero-order valence-electron chi connectivity index (χ0n) is 4.13. The normalized spacial score (nSPS) is 7.50. The minimum absolute atomic E-state index is 0. The van der Waals surface area contributed by atoms with Crippen molar-refractivity contribution in [2.75, 3.05) is 0 Å². The van der Waals surface area contributed by atoms with E-state index in [1.54, 1.807) is 18.3 Å². The Morgan fingerprint density at radius 3 is 2.38 bits per heavy atom. The van der Waals surface area contributed by atoms with Gasteiger partial charge in [-0.1, -0.05) is 6.07 Å². The molecule has 0 fully saturated rings. The Labute approximate surface area is 57.7 Å². The number of aromatic amines is 1. The van der Waals surface area contributed by atoms with Crippen LogP contribution in [0.3, 0.4) is 0 Å². The molecule has 0 aliphatic rings. The first-order chi connectivity index (χ1) is 3.39. The van der Waals surface area contributed by atoms with Gasteiger partial charge in [-0.25, -0.2) is 0 Å². The fourth-order valence-corrected chi connectivity index (χ4v) is 0.377. The van der Waals surface area contributed by atoms with Crippen molar-refractivity contribution in [2.45, 2.75) is 0 Å². The molecule has 0 radical (unpaired) electrons. The van der Waals surface area contributed by atoms with Crippen LogP contribution in [0.5, 0.6) is 0 Å². The van der Waals surface area contributed by atoms with Gasteiger partial charge in [0.2, 0.25) is 5.56 Å². The van der Waals surface area contributed by atoms with Crippen LogP contribution in [0.4, 0.5) is 0 Å². The number of nitrogens with one attached hydrogen (secondary N) is 1. The second-order valence-corrected chi connectivity index (χ2v) is 1.23. The molecule has 2 nitrogen and oxygen atoms in total. The Balaban J connectivity index is 0.000000490. The van der Waals surface area contributed by atoms with Gasteiger partial charge in [0.15, 0.2) is 0 Å². The van der Waals surface area contributed by atoms with E-state index in [4.69, 9.17) is 0 Å². The third-order valence-corrected chi connectivity index (χ3v) is 0.681. The van der Waals surface area contributed by atoms with Gasteiger partial charge in [0.25, 0.3) is 0 Å². The molecule has 1 heterocycles. The number of pyridine rings is 1. The number of aromatic nitrogens is 1. The molecule has 0 aromatic carbocycles. The van der Waals surface area contributed by atoms with Crippen molar-refractivity contribution < 1.29 is 17.4 Å². The van der Waals surface area contributed by atoms with Crippen molar-refractivity contribution in [2.24, 2.45) is 0 Å². The van der Waals surface area contributed by atoms with E-state index in [-0.39, 0.29) is 22.9 Å². The molecule has 3 heteroatoms. The Kier molecular flexibility index (Phi) is 3.26. The van der Waals surface area contributed by atoms with Crippen LogP contribution in [0.15, 0.2) is 29.2 Å². The SMILES string of the molecule is O=c1cccc[nH]1.[Cr]. The van der Waals surface area contributed by atoms with Gasteiger partial charge >= 0.3 is 0 Å². The van der Waals surface area contributed by atoms with Crippen molar-refractivity contribution in [1.29, 1.82) is 0 Å². The smallest absolute Gasteiger partial charge is 0.247 e. The summed E-state index contributed by atoms with van der Waals surface area (Å²) in [5.41, 5.74) is -0.0532. The molecule has 0 bridgehead atoms. The van der Waals surface area contributed by atoms with Gasteiger partial charge in [-0.15, -0.1) is 0 Å². The largest absolute Gasteiger partial charge is 0.329 e. The molecular formula is C5H5CrNO. The van der Waals surface area contributed by atoms with E-state index in [0.29, 0.717) is 0 Å². The Hall–Kier alpha value is -0.518. The van der Waals surface area contributed by atoms with E-state index in [1.165, 1.54) is 6.07 Å². The van der Waals surface area contributed by atoms with Crippen molar-refractivity contribution in [3.05, 3.63) is 34.7 Å². The van der Waals surface area contributed by atoms with Crippen molar-refractivity contribution in [3.63, 3.8) is 0 Å². The summed E-state index contributed by atoms with van der Waals surface area (Å²) in [5.74, 6) is 0. The molecule has 1 N–H and O–H groups in total. The van der Waals surface area contributed by atoms with Crippen LogP contribution in [0.25, 0.3) is 0 Å². The van der Waals surface area contributed by atoms with E-state index >= 15 is 0 Å². The first kappa shape index (κ1) is 7.48. The Morgan fingerprint density at radius 1 is 1.38 bits per heavy atom. The summed E-state index contributed by atoms with van der Waals surface area (Å²) in [6, 6.07) is 4.93. The fraction of sp³-hybridized carbons (Fsp3) is 0. The zero-order valence-corrected chi connectivity index (χ0v) is 5.40. The minimum atomic E-state index is -0.0532. The second kappa shape index (κ2) is 3.48. The van der Waals surface area contributed by atoms with E-state index in [9.17, 15) is 4.79 Å². The third-order valence-electron chi connectivity index (χ3n) is 0.681. The molecule has 8 heavy (non-hydrogen) atoms. The number of rotatable bonds is 0. The molecule has 0 unspecified atom stereocenters. The Bertz CT molecular complexity index is 178. The summed E-state index contributed by atoms with van der Waals surface area (Å²) in [4.78, 5) is 12.7. The van der Waals surface area contributed by atoms with Crippen molar-refractivity contribution in [1.82, 2.24) is 4.98 Å². The van der Waals surface area contributed by atoms with E-state index in [0.717, 1.165) is 0 Å². The molecule has 0 aliphatic carbocycles. The summed E-state index contributed by atoms with van der Waals surface area (Å²) in [6.07, 6.45) is 1.60. The van der Waals surface area contributed by atoms with Gasteiger partial charge in [0, 0.05) is 29.6 Å². The van der Waals surface area contributed by atoms with E-state index in [1.807, 2.05) is 0 Å². The molecule has 0 aliphatic heterocycles. The van der Waals surface area contributed by atoms with Crippen LogP contribution in [0, 0.1) is 0 Å². The van der Waals surface area contributed by atoms with Crippen LogP contribution >= 0.6 is 0 Å². The summed E-state index contributed by atoms with van der Waals surface area (Å²) in [6.45, 7) is 0. The molecule has 0 atom stereocenters.